The molecule has 2 unspecified atom stereocenters. The Morgan fingerprint density at radius 2 is 1.43 bits per heavy atom. The molecule has 0 radical (unpaired) electrons. The summed E-state index contributed by atoms with van der Waals surface area (Å²) >= 11 is 0. The van der Waals surface area contributed by atoms with Gasteiger partial charge in [-0.1, -0.05) is 79.2 Å². The number of Topliss-reactive ketones (excluding diaryl/α,β-unsaturated/α-hetero) is 1. The molecule has 2 saturated carbocycles. The van der Waals surface area contributed by atoms with Crippen LogP contribution in [0.25, 0.3) is 0 Å². The van der Waals surface area contributed by atoms with E-state index in [9.17, 15) is 4.79 Å². The van der Waals surface area contributed by atoms with Crippen LogP contribution >= 0.6 is 0 Å². The van der Waals surface area contributed by atoms with Crippen LogP contribution in [-0.4, -0.2) is 12.3 Å². The molecule has 0 aliphatic heterocycles. The molecule has 0 aromatic heterocycles. The van der Waals surface area contributed by atoms with Gasteiger partial charge in [0.25, 0.3) is 0 Å². The average molecular weight is 390 g/mol. The normalized spacial score (nSPS) is 21.9. The second-order valence-electron chi connectivity index (χ2n) is 10.9. The second-order valence-corrected chi connectivity index (χ2v) is 10.9. The molecule has 2 aliphatic rings. The van der Waals surface area contributed by atoms with Gasteiger partial charge in [0.15, 0.2) is 0 Å². The van der Waals surface area contributed by atoms with Crippen molar-refractivity contribution in [1.82, 2.24) is 5.32 Å². The topological polar surface area (TPSA) is 29.1 Å². The van der Waals surface area contributed by atoms with Gasteiger partial charge in [-0.2, -0.15) is 0 Å². The minimum absolute atomic E-state index is 0.0675. The molecule has 0 aromatic carbocycles. The highest BCUT2D eigenvalue weighted by atomic mass is 16.1. The zero-order valence-electron chi connectivity index (χ0n) is 19.3. The van der Waals surface area contributed by atoms with Gasteiger partial charge in [0.1, 0.15) is 5.78 Å². The van der Waals surface area contributed by atoms with E-state index in [2.05, 4.69) is 39.6 Å². The molecule has 0 spiro atoms. The summed E-state index contributed by atoms with van der Waals surface area (Å²) in [4.78, 5) is 13.7. The second kappa shape index (κ2) is 11.4. The quantitative estimate of drug-likeness (QED) is 0.397. The zero-order chi connectivity index (χ0) is 20.6. The van der Waals surface area contributed by atoms with Crippen molar-refractivity contribution in [2.24, 2.45) is 29.1 Å². The fourth-order valence-electron chi connectivity index (χ4n) is 5.72. The van der Waals surface area contributed by atoms with Gasteiger partial charge in [-0.25, -0.2) is 0 Å². The first kappa shape index (κ1) is 23.5. The maximum atomic E-state index is 13.7. The minimum Gasteiger partial charge on any atom is -0.389 e. The van der Waals surface area contributed by atoms with Crippen LogP contribution in [0.2, 0.25) is 0 Å². The Balaban J connectivity index is 2.28. The van der Waals surface area contributed by atoms with Crippen LogP contribution in [0.1, 0.15) is 111 Å². The maximum Gasteiger partial charge on any atom is 0.137 e. The van der Waals surface area contributed by atoms with E-state index in [-0.39, 0.29) is 11.3 Å². The lowest BCUT2D eigenvalue weighted by Gasteiger charge is -2.42. The highest BCUT2D eigenvalue weighted by molar-refractivity contribution is 5.82. The van der Waals surface area contributed by atoms with Crippen molar-refractivity contribution in [2.75, 3.05) is 6.54 Å². The summed E-state index contributed by atoms with van der Waals surface area (Å²) in [6.45, 7) is 14.4. The van der Waals surface area contributed by atoms with Crippen molar-refractivity contribution in [3.8, 4) is 0 Å². The van der Waals surface area contributed by atoms with Crippen molar-refractivity contribution in [2.45, 2.75) is 111 Å². The molecule has 2 atom stereocenters. The third-order valence-electron chi connectivity index (χ3n) is 7.06. The molecule has 2 fully saturated rings. The Kier molecular flexibility index (Phi) is 9.57. The highest BCUT2D eigenvalue weighted by Gasteiger charge is 2.41. The summed E-state index contributed by atoms with van der Waals surface area (Å²) in [5.74, 6) is 2.26. The zero-order valence-corrected chi connectivity index (χ0v) is 19.3. The van der Waals surface area contributed by atoms with Crippen LogP contribution in [0.5, 0.6) is 0 Å². The first-order valence-corrected chi connectivity index (χ1v) is 12.3. The van der Waals surface area contributed by atoms with Gasteiger partial charge in [-0.05, 0) is 49.4 Å². The molecular formula is C26H47NO. The SMILES string of the molecule is C=C(NCCCC)C(C1CCCCC1)C(C(=O)CC(C)(C)C)C1CCCCC1. The van der Waals surface area contributed by atoms with E-state index < -0.39 is 0 Å². The van der Waals surface area contributed by atoms with Crippen molar-refractivity contribution >= 4 is 5.78 Å². The molecule has 0 saturated heterocycles. The number of allylic oxidation sites excluding steroid dienone is 1. The molecule has 2 rings (SSSR count). The van der Waals surface area contributed by atoms with Crippen molar-refractivity contribution in [3.63, 3.8) is 0 Å². The fourth-order valence-corrected chi connectivity index (χ4v) is 5.72. The molecule has 28 heavy (non-hydrogen) atoms. The van der Waals surface area contributed by atoms with E-state index >= 15 is 0 Å². The minimum atomic E-state index is 0.0675. The lowest BCUT2D eigenvalue weighted by molar-refractivity contribution is -0.129. The molecule has 2 nitrogen and oxygen atoms in total. The molecule has 0 bridgehead atoms. The number of hydrogen-bond acceptors (Lipinski definition) is 2. The lowest BCUT2D eigenvalue weighted by atomic mass is 9.63. The molecule has 2 heteroatoms. The number of ketones is 1. The van der Waals surface area contributed by atoms with E-state index in [0.29, 0.717) is 30.0 Å². The molecular weight excluding hydrogens is 342 g/mol. The van der Waals surface area contributed by atoms with Gasteiger partial charge in [-0.15, -0.1) is 0 Å². The molecule has 1 N–H and O–H groups in total. The summed E-state index contributed by atoms with van der Waals surface area (Å²) in [7, 11) is 0. The van der Waals surface area contributed by atoms with Crippen molar-refractivity contribution < 1.29 is 4.79 Å². The van der Waals surface area contributed by atoms with Crippen LogP contribution in [0.4, 0.5) is 0 Å². The smallest absolute Gasteiger partial charge is 0.137 e. The lowest BCUT2D eigenvalue weighted by Crippen LogP contribution is -2.41. The van der Waals surface area contributed by atoms with E-state index in [4.69, 9.17) is 0 Å². The summed E-state index contributed by atoms with van der Waals surface area (Å²) in [5, 5.41) is 3.67. The summed E-state index contributed by atoms with van der Waals surface area (Å²) in [6.07, 6.45) is 16.1. The van der Waals surface area contributed by atoms with Gasteiger partial charge in [0.2, 0.25) is 0 Å². The average Bonchev–Trinajstić information content (AvgIpc) is 2.66. The molecule has 2 aliphatic carbocycles. The van der Waals surface area contributed by atoms with Crippen LogP contribution in [0.15, 0.2) is 12.3 Å². The first-order valence-electron chi connectivity index (χ1n) is 12.3. The van der Waals surface area contributed by atoms with Gasteiger partial charge in [0.05, 0.1) is 0 Å². The first-order chi connectivity index (χ1) is 13.3. The molecule has 0 amide bonds. The summed E-state index contributed by atoms with van der Waals surface area (Å²) in [6, 6.07) is 0. The predicted octanol–water partition coefficient (Wildman–Crippen LogP) is 7.29. The molecule has 162 valence electrons. The summed E-state index contributed by atoms with van der Waals surface area (Å²) in [5.41, 5.74) is 1.25. The van der Waals surface area contributed by atoms with Gasteiger partial charge in [0, 0.05) is 30.5 Å². The third-order valence-corrected chi connectivity index (χ3v) is 7.06. The van der Waals surface area contributed by atoms with Crippen LogP contribution < -0.4 is 5.32 Å². The van der Waals surface area contributed by atoms with Crippen molar-refractivity contribution in [1.29, 1.82) is 0 Å². The molecule has 0 heterocycles. The van der Waals surface area contributed by atoms with E-state index in [1.165, 1.54) is 82.7 Å². The molecule has 0 aromatic rings. The van der Waals surface area contributed by atoms with Gasteiger partial charge in [-0.3, -0.25) is 4.79 Å². The maximum absolute atomic E-state index is 13.7. The standard InChI is InChI=1S/C26H47NO/c1-6-7-18-27-20(2)24(21-14-10-8-11-15-21)25(22-16-12-9-13-17-22)23(28)19-26(3,4)5/h21-22,24-25,27H,2,6-19H2,1,3-5H3. The van der Waals surface area contributed by atoms with Crippen molar-refractivity contribution in [3.05, 3.63) is 12.3 Å². The monoisotopic (exact) mass is 389 g/mol. The Labute approximate surface area is 175 Å². The van der Waals surface area contributed by atoms with E-state index in [1.807, 2.05) is 0 Å². The summed E-state index contributed by atoms with van der Waals surface area (Å²) < 4.78 is 0. The largest absolute Gasteiger partial charge is 0.389 e. The Morgan fingerprint density at radius 3 is 1.89 bits per heavy atom. The van der Waals surface area contributed by atoms with E-state index in [0.717, 1.165) is 6.54 Å². The number of hydrogen-bond donors (Lipinski definition) is 1. The van der Waals surface area contributed by atoms with Crippen LogP contribution in [-0.2, 0) is 4.79 Å². The Hall–Kier alpha value is -0.790. The number of carbonyl (C=O) groups excluding carboxylic acids is 1. The van der Waals surface area contributed by atoms with Crippen LogP contribution in [0, 0.1) is 29.1 Å². The Morgan fingerprint density at radius 1 is 0.929 bits per heavy atom. The number of rotatable bonds is 10. The highest BCUT2D eigenvalue weighted by Crippen LogP contribution is 2.45. The van der Waals surface area contributed by atoms with Gasteiger partial charge < -0.3 is 5.32 Å². The van der Waals surface area contributed by atoms with Gasteiger partial charge >= 0.3 is 0 Å². The van der Waals surface area contributed by atoms with E-state index in [1.54, 1.807) is 0 Å². The third kappa shape index (κ3) is 7.23. The Bertz CT molecular complexity index is 477. The van der Waals surface area contributed by atoms with Crippen LogP contribution in [0.3, 0.4) is 0 Å². The fraction of sp³-hybridized carbons (Fsp3) is 0.885. The number of carbonyl (C=O) groups is 1. The predicted molar refractivity (Wildman–Crippen MR) is 121 cm³/mol. The number of nitrogens with one attached hydrogen (secondary N) is 1. The number of unbranched alkanes of at least 4 members (excludes halogenated alkanes) is 1.